The highest BCUT2D eigenvalue weighted by atomic mass is 19.1. The Kier molecular flexibility index (Phi) is 4.26. The molecule has 0 aliphatic heterocycles. The van der Waals surface area contributed by atoms with Crippen molar-refractivity contribution in [1.29, 1.82) is 0 Å². The topological polar surface area (TPSA) is 66.9 Å². The summed E-state index contributed by atoms with van der Waals surface area (Å²) < 4.78 is 14.3. The van der Waals surface area contributed by atoms with Crippen LogP contribution in [0.4, 0.5) is 10.2 Å². The van der Waals surface area contributed by atoms with E-state index in [0.29, 0.717) is 5.82 Å². The number of hydrogen-bond acceptors (Lipinski definition) is 3. The van der Waals surface area contributed by atoms with Gasteiger partial charge in [0.1, 0.15) is 11.6 Å². The Morgan fingerprint density at radius 1 is 1.19 bits per heavy atom. The van der Waals surface area contributed by atoms with Crippen molar-refractivity contribution >= 4 is 5.82 Å². The number of halogens is 1. The number of anilines is 1. The van der Waals surface area contributed by atoms with Crippen LogP contribution in [0.15, 0.2) is 39.9 Å². The van der Waals surface area contributed by atoms with Crippen LogP contribution in [0.25, 0.3) is 0 Å². The van der Waals surface area contributed by atoms with Crippen LogP contribution >= 0.6 is 0 Å². The van der Waals surface area contributed by atoms with Crippen LogP contribution in [0.2, 0.25) is 0 Å². The number of nitrogens with zero attached hydrogens (tertiary/aromatic N) is 1. The predicted octanol–water partition coefficient (Wildman–Crippen LogP) is 2.43. The summed E-state index contributed by atoms with van der Waals surface area (Å²) in [5, 5.41) is 3.00. The van der Waals surface area contributed by atoms with Crippen molar-refractivity contribution in [3.05, 3.63) is 62.6 Å². The molecule has 0 spiro atoms. The van der Waals surface area contributed by atoms with Crippen LogP contribution in [-0.2, 0) is 0 Å². The summed E-state index contributed by atoms with van der Waals surface area (Å²) in [6.07, 6.45) is 0. The van der Waals surface area contributed by atoms with Crippen molar-refractivity contribution in [2.24, 2.45) is 0 Å². The lowest BCUT2D eigenvalue weighted by Crippen LogP contribution is -2.36. The zero-order valence-corrected chi connectivity index (χ0v) is 12.2. The Labute approximate surface area is 121 Å². The monoisotopic (exact) mass is 291 g/mol. The quantitative estimate of drug-likeness (QED) is 0.909. The van der Waals surface area contributed by atoms with E-state index in [0.717, 1.165) is 10.1 Å². The van der Waals surface area contributed by atoms with Crippen LogP contribution in [0.1, 0.15) is 38.4 Å². The molecule has 1 heterocycles. The third-order valence-corrected chi connectivity index (χ3v) is 3.20. The average Bonchev–Trinajstić information content (AvgIpc) is 2.37. The molecule has 0 saturated heterocycles. The fourth-order valence-corrected chi connectivity index (χ4v) is 2.16. The molecule has 0 amide bonds. The number of H-pyrrole nitrogens is 1. The molecule has 2 N–H and O–H groups in total. The molecule has 6 heteroatoms. The molecule has 1 aromatic carbocycles. The summed E-state index contributed by atoms with van der Waals surface area (Å²) in [5.41, 5.74) is -0.113. The highest BCUT2D eigenvalue weighted by molar-refractivity contribution is 5.36. The minimum Gasteiger partial charge on any atom is -0.365 e. The minimum atomic E-state index is -0.466. The first-order valence-corrected chi connectivity index (χ1v) is 6.76. The Balaban J connectivity index is 2.28. The first-order chi connectivity index (χ1) is 9.88. The van der Waals surface area contributed by atoms with Crippen molar-refractivity contribution in [3.8, 4) is 0 Å². The van der Waals surface area contributed by atoms with Gasteiger partial charge in [0.15, 0.2) is 0 Å². The summed E-state index contributed by atoms with van der Waals surface area (Å²) in [6, 6.07) is 7.03. The molecule has 21 heavy (non-hydrogen) atoms. The zero-order valence-electron chi connectivity index (χ0n) is 12.2. The van der Waals surface area contributed by atoms with E-state index in [1.807, 2.05) is 6.92 Å². The first kappa shape index (κ1) is 15.0. The van der Waals surface area contributed by atoms with Gasteiger partial charge in [-0.3, -0.25) is 14.3 Å². The molecule has 0 radical (unpaired) electrons. The molecule has 1 atom stereocenters. The van der Waals surface area contributed by atoms with Gasteiger partial charge in [-0.2, -0.15) is 0 Å². The fraction of sp³-hybridized carbons (Fsp3) is 0.333. The number of rotatable bonds is 4. The maximum atomic E-state index is 13.2. The van der Waals surface area contributed by atoms with Crippen molar-refractivity contribution < 1.29 is 4.39 Å². The molecule has 0 saturated carbocycles. The number of aromatic nitrogens is 2. The molecule has 0 bridgehead atoms. The summed E-state index contributed by atoms with van der Waals surface area (Å²) in [7, 11) is 0. The standard InChI is InChI=1S/C15H18FN3O2/c1-9(2)19-14(20)8-13(18-15(19)21)17-10(3)11-5-4-6-12(16)7-11/h4-10,17H,1-3H3,(H,18,21)/t10-/m0/s1. The first-order valence-electron chi connectivity index (χ1n) is 6.76. The van der Waals surface area contributed by atoms with Crippen LogP contribution < -0.4 is 16.6 Å². The number of nitrogens with one attached hydrogen (secondary N) is 2. The van der Waals surface area contributed by atoms with Gasteiger partial charge in [0.05, 0.1) is 0 Å². The molecule has 0 unspecified atom stereocenters. The van der Waals surface area contributed by atoms with E-state index < -0.39 is 5.69 Å². The smallest absolute Gasteiger partial charge is 0.330 e. The lowest BCUT2D eigenvalue weighted by molar-refractivity contribution is 0.546. The molecule has 1 aromatic heterocycles. The van der Waals surface area contributed by atoms with Crippen LogP contribution in [-0.4, -0.2) is 9.55 Å². The van der Waals surface area contributed by atoms with Gasteiger partial charge in [-0.25, -0.2) is 9.18 Å². The zero-order chi connectivity index (χ0) is 15.6. The third kappa shape index (κ3) is 3.39. The van der Waals surface area contributed by atoms with Crippen LogP contribution in [0.5, 0.6) is 0 Å². The van der Waals surface area contributed by atoms with Gasteiger partial charge in [-0.15, -0.1) is 0 Å². The molecule has 0 fully saturated rings. The van der Waals surface area contributed by atoms with Crippen LogP contribution in [0, 0.1) is 5.82 Å². The van der Waals surface area contributed by atoms with Gasteiger partial charge < -0.3 is 5.32 Å². The highest BCUT2D eigenvalue weighted by Crippen LogP contribution is 2.17. The van der Waals surface area contributed by atoms with E-state index in [9.17, 15) is 14.0 Å². The molecular weight excluding hydrogens is 273 g/mol. The van der Waals surface area contributed by atoms with Gasteiger partial charge in [0, 0.05) is 18.2 Å². The summed E-state index contributed by atoms with van der Waals surface area (Å²) in [4.78, 5) is 26.4. The molecule has 112 valence electrons. The molecule has 5 nitrogen and oxygen atoms in total. The predicted molar refractivity (Wildman–Crippen MR) is 80.1 cm³/mol. The Morgan fingerprint density at radius 3 is 2.48 bits per heavy atom. The SMILES string of the molecule is CC(C)n1c(=O)cc(N[C@@H](C)c2cccc(F)c2)[nH]c1=O. The second kappa shape index (κ2) is 5.95. The molecule has 0 aliphatic carbocycles. The van der Waals surface area contributed by atoms with Gasteiger partial charge in [0.2, 0.25) is 0 Å². The lowest BCUT2D eigenvalue weighted by Gasteiger charge is -2.16. The highest BCUT2D eigenvalue weighted by Gasteiger charge is 2.10. The van der Waals surface area contributed by atoms with E-state index >= 15 is 0 Å². The Bertz CT molecular complexity index is 718. The normalized spacial score (nSPS) is 12.4. The maximum absolute atomic E-state index is 13.2. The fourth-order valence-electron chi connectivity index (χ4n) is 2.16. The number of hydrogen-bond donors (Lipinski definition) is 2. The number of benzene rings is 1. The van der Waals surface area contributed by atoms with Crippen molar-refractivity contribution in [2.45, 2.75) is 32.9 Å². The van der Waals surface area contributed by atoms with Gasteiger partial charge in [-0.05, 0) is 38.5 Å². The van der Waals surface area contributed by atoms with E-state index in [1.54, 1.807) is 26.0 Å². The second-order valence-corrected chi connectivity index (χ2v) is 5.21. The molecular formula is C15H18FN3O2. The summed E-state index contributed by atoms with van der Waals surface area (Å²) in [6.45, 7) is 5.35. The van der Waals surface area contributed by atoms with Crippen LogP contribution in [0.3, 0.4) is 0 Å². The molecule has 2 aromatic rings. The molecule has 0 aliphatic rings. The van der Waals surface area contributed by atoms with Crippen molar-refractivity contribution in [1.82, 2.24) is 9.55 Å². The van der Waals surface area contributed by atoms with Gasteiger partial charge in [-0.1, -0.05) is 12.1 Å². The maximum Gasteiger partial charge on any atom is 0.330 e. The van der Waals surface area contributed by atoms with E-state index in [4.69, 9.17) is 0 Å². The lowest BCUT2D eigenvalue weighted by atomic mass is 10.1. The average molecular weight is 291 g/mol. The molecule has 2 rings (SSSR count). The van der Waals surface area contributed by atoms with E-state index in [-0.39, 0.29) is 23.5 Å². The van der Waals surface area contributed by atoms with Gasteiger partial charge in [0.25, 0.3) is 5.56 Å². The van der Waals surface area contributed by atoms with E-state index in [2.05, 4.69) is 10.3 Å². The summed E-state index contributed by atoms with van der Waals surface area (Å²) in [5.74, 6) is -0.0106. The third-order valence-electron chi connectivity index (χ3n) is 3.20. The van der Waals surface area contributed by atoms with E-state index in [1.165, 1.54) is 18.2 Å². The summed E-state index contributed by atoms with van der Waals surface area (Å²) >= 11 is 0. The largest absolute Gasteiger partial charge is 0.365 e. The second-order valence-electron chi connectivity index (χ2n) is 5.21. The number of aromatic amines is 1. The minimum absolute atomic E-state index is 0.212. The van der Waals surface area contributed by atoms with Gasteiger partial charge >= 0.3 is 5.69 Å². The van der Waals surface area contributed by atoms with Crippen molar-refractivity contribution in [3.63, 3.8) is 0 Å². The Hall–Kier alpha value is -2.37. The Morgan fingerprint density at radius 2 is 1.90 bits per heavy atom. The van der Waals surface area contributed by atoms with Crippen molar-refractivity contribution in [2.75, 3.05) is 5.32 Å².